The Hall–Kier alpha value is -2.44. The van der Waals surface area contributed by atoms with Crippen molar-refractivity contribution in [1.29, 1.82) is 0 Å². The number of rotatable bonds is 3. The molecule has 1 aromatic carbocycles. The topological polar surface area (TPSA) is 85.2 Å². The van der Waals surface area contributed by atoms with Gasteiger partial charge in [0.2, 0.25) is 0 Å². The van der Waals surface area contributed by atoms with Gasteiger partial charge in [0.15, 0.2) is 0 Å². The first-order chi connectivity index (χ1) is 13.0. The fourth-order valence-corrected chi connectivity index (χ4v) is 3.80. The van der Waals surface area contributed by atoms with Crippen LogP contribution in [0.2, 0.25) is 0 Å². The normalized spacial score (nSPS) is 19.2. The summed E-state index contributed by atoms with van der Waals surface area (Å²) in [4.78, 5) is 19.7. The zero-order valence-electron chi connectivity index (χ0n) is 16.3. The molecule has 1 aliphatic heterocycles. The van der Waals surface area contributed by atoms with Crippen LogP contribution >= 0.6 is 12.4 Å². The van der Waals surface area contributed by atoms with E-state index in [1.54, 1.807) is 0 Å². The van der Waals surface area contributed by atoms with Gasteiger partial charge in [0.1, 0.15) is 0 Å². The number of hydrogen-bond donors (Lipinski definition) is 1. The van der Waals surface area contributed by atoms with Crippen LogP contribution in [0.3, 0.4) is 0 Å². The Balaban J connectivity index is 0.00000225. The van der Waals surface area contributed by atoms with E-state index in [9.17, 15) is 4.79 Å². The van der Waals surface area contributed by atoms with E-state index in [1.807, 2.05) is 49.9 Å². The number of fused-ring (bicyclic) bond motifs is 1. The number of hydrogen-bond acceptors (Lipinski definition) is 5. The maximum absolute atomic E-state index is 13.4. The van der Waals surface area contributed by atoms with Crippen molar-refractivity contribution in [3.05, 3.63) is 58.9 Å². The quantitative estimate of drug-likeness (QED) is 0.725. The lowest BCUT2D eigenvalue weighted by Gasteiger charge is -2.18. The molecule has 3 aromatic rings. The molecule has 2 atom stereocenters. The summed E-state index contributed by atoms with van der Waals surface area (Å²) >= 11 is 0. The second-order valence-electron chi connectivity index (χ2n) is 7.59. The number of halogens is 1. The third kappa shape index (κ3) is 3.50. The van der Waals surface area contributed by atoms with Crippen LogP contribution in [0.15, 0.2) is 40.9 Å². The summed E-state index contributed by atoms with van der Waals surface area (Å²) in [6.07, 6.45) is 0. The molecule has 148 valence electrons. The Morgan fingerprint density at radius 2 is 1.96 bits per heavy atom. The zero-order chi connectivity index (χ0) is 19.1. The van der Waals surface area contributed by atoms with Crippen molar-refractivity contribution < 1.29 is 9.32 Å². The standard InChI is InChI=1S/C21H24N4O2.ClH/c1-12(2)18-9-15(19-13(3)24-27-20(19)23-18)21(26)25-10-16(17(22)11-25)14-7-5-4-6-8-14;/h4-9,12,16-17H,10-11,22H2,1-3H3;1H/t16-,17+;/m0./s1. The number of aromatic nitrogens is 2. The molecule has 6 nitrogen and oxygen atoms in total. The molecule has 28 heavy (non-hydrogen) atoms. The molecule has 0 spiro atoms. The Morgan fingerprint density at radius 3 is 2.64 bits per heavy atom. The van der Waals surface area contributed by atoms with Crippen molar-refractivity contribution in [2.45, 2.75) is 38.6 Å². The molecule has 1 fully saturated rings. The number of carbonyl (C=O) groups is 1. The first kappa shape index (κ1) is 20.3. The smallest absolute Gasteiger partial charge is 0.259 e. The minimum Gasteiger partial charge on any atom is -0.336 e. The van der Waals surface area contributed by atoms with Crippen LogP contribution in [0, 0.1) is 6.92 Å². The van der Waals surface area contributed by atoms with Gasteiger partial charge < -0.3 is 15.2 Å². The number of pyridine rings is 1. The maximum Gasteiger partial charge on any atom is 0.259 e. The van der Waals surface area contributed by atoms with Crippen LogP contribution in [-0.4, -0.2) is 40.1 Å². The molecule has 3 heterocycles. The van der Waals surface area contributed by atoms with E-state index >= 15 is 0 Å². The monoisotopic (exact) mass is 400 g/mol. The molecule has 0 unspecified atom stereocenters. The van der Waals surface area contributed by atoms with Gasteiger partial charge in [-0.05, 0) is 24.5 Å². The molecular weight excluding hydrogens is 376 g/mol. The van der Waals surface area contributed by atoms with Crippen LogP contribution in [0.5, 0.6) is 0 Å². The predicted molar refractivity (Wildman–Crippen MR) is 111 cm³/mol. The van der Waals surface area contributed by atoms with Crippen molar-refractivity contribution in [2.75, 3.05) is 13.1 Å². The average molecular weight is 401 g/mol. The second kappa shape index (κ2) is 7.89. The lowest BCUT2D eigenvalue weighted by Crippen LogP contribution is -2.32. The SMILES string of the molecule is Cc1noc2nc(C(C)C)cc(C(=O)N3C[C@@H](N)[C@H](c4ccccc4)C3)c12.Cl. The highest BCUT2D eigenvalue weighted by Crippen LogP contribution is 2.30. The average Bonchev–Trinajstić information content (AvgIpc) is 3.24. The van der Waals surface area contributed by atoms with Gasteiger partial charge in [-0.3, -0.25) is 4.79 Å². The minimum atomic E-state index is -0.0816. The summed E-state index contributed by atoms with van der Waals surface area (Å²) in [5.74, 6) is 0.286. The van der Waals surface area contributed by atoms with Crippen LogP contribution in [0.25, 0.3) is 11.1 Å². The van der Waals surface area contributed by atoms with Crippen LogP contribution < -0.4 is 5.73 Å². The van der Waals surface area contributed by atoms with Crippen molar-refractivity contribution >= 4 is 29.4 Å². The molecule has 0 bridgehead atoms. The summed E-state index contributed by atoms with van der Waals surface area (Å²) in [5, 5.41) is 4.71. The van der Waals surface area contributed by atoms with E-state index in [0.29, 0.717) is 35.4 Å². The van der Waals surface area contributed by atoms with Crippen molar-refractivity contribution in [2.24, 2.45) is 5.73 Å². The highest BCUT2D eigenvalue weighted by molar-refractivity contribution is 6.06. The van der Waals surface area contributed by atoms with E-state index in [1.165, 1.54) is 5.56 Å². The number of aryl methyl sites for hydroxylation is 1. The van der Waals surface area contributed by atoms with Crippen molar-refractivity contribution in [1.82, 2.24) is 15.0 Å². The molecule has 0 aliphatic carbocycles. The number of benzene rings is 1. The van der Waals surface area contributed by atoms with Crippen molar-refractivity contribution in [3.8, 4) is 0 Å². The molecule has 7 heteroatoms. The summed E-state index contributed by atoms with van der Waals surface area (Å²) in [5.41, 5.74) is 10.1. The van der Waals surface area contributed by atoms with Gasteiger partial charge in [-0.2, -0.15) is 0 Å². The predicted octanol–water partition coefficient (Wildman–Crippen LogP) is 3.64. The molecule has 1 aliphatic rings. The summed E-state index contributed by atoms with van der Waals surface area (Å²) < 4.78 is 5.35. The fraction of sp³-hybridized carbons (Fsp3) is 0.381. The first-order valence-electron chi connectivity index (χ1n) is 9.32. The van der Waals surface area contributed by atoms with E-state index in [4.69, 9.17) is 10.3 Å². The lowest BCUT2D eigenvalue weighted by molar-refractivity contribution is 0.0791. The fourth-order valence-electron chi connectivity index (χ4n) is 3.80. The van der Waals surface area contributed by atoms with Crippen LogP contribution in [0.1, 0.15) is 53.0 Å². The number of likely N-dealkylation sites (tertiary alicyclic amines) is 1. The number of nitrogens with zero attached hydrogens (tertiary/aromatic N) is 3. The third-order valence-electron chi connectivity index (χ3n) is 5.34. The van der Waals surface area contributed by atoms with Gasteiger partial charge >= 0.3 is 0 Å². The largest absolute Gasteiger partial charge is 0.336 e. The molecule has 4 rings (SSSR count). The first-order valence-corrected chi connectivity index (χ1v) is 9.32. The van der Waals surface area contributed by atoms with E-state index in [0.717, 1.165) is 5.69 Å². The lowest BCUT2D eigenvalue weighted by atomic mass is 9.95. The highest BCUT2D eigenvalue weighted by Gasteiger charge is 2.35. The summed E-state index contributed by atoms with van der Waals surface area (Å²) in [7, 11) is 0. The number of carbonyl (C=O) groups excluding carboxylic acids is 1. The number of amides is 1. The van der Waals surface area contributed by atoms with Gasteiger partial charge in [-0.25, -0.2) is 4.98 Å². The molecule has 2 aromatic heterocycles. The molecule has 1 amide bonds. The second-order valence-corrected chi connectivity index (χ2v) is 7.59. The van der Waals surface area contributed by atoms with Gasteiger partial charge in [0.25, 0.3) is 11.6 Å². The van der Waals surface area contributed by atoms with Gasteiger partial charge in [-0.1, -0.05) is 49.3 Å². The van der Waals surface area contributed by atoms with E-state index < -0.39 is 0 Å². The Labute approximate surface area is 170 Å². The molecular formula is C21H25ClN4O2. The van der Waals surface area contributed by atoms with Crippen molar-refractivity contribution in [3.63, 3.8) is 0 Å². The minimum absolute atomic E-state index is 0. The Morgan fingerprint density at radius 1 is 1.25 bits per heavy atom. The third-order valence-corrected chi connectivity index (χ3v) is 5.34. The number of nitrogens with two attached hydrogens (primary N) is 1. The van der Waals surface area contributed by atoms with Crippen LogP contribution in [0.4, 0.5) is 0 Å². The van der Waals surface area contributed by atoms with Gasteiger partial charge in [-0.15, -0.1) is 12.4 Å². The summed E-state index contributed by atoms with van der Waals surface area (Å²) in [6.45, 7) is 7.06. The van der Waals surface area contributed by atoms with Gasteiger partial charge in [0, 0.05) is 30.7 Å². The Kier molecular flexibility index (Phi) is 5.72. The maximum atomic E-state index is 13.4. The van der Waals surface area contributed by atoms with E-state index in [2.05, 4.69) is 22.3 Å². The molecule has 0 saturated carbocycles. The Bertz CT molecular complexity index is 987. The summed E-state index contributed by atoms with van der Waals surface area (Å²) in [6, 6.07) is 11.9. The molecule has 0 radical (unpaired) electrons. The van der Waals surface area contributed by atoms with E-state index in [-0.39, 0.29) is 36.2 Å². The van der Waals surface area contributed by atoms with Crippen LogP contribution in [-0.2, 0) is 0 Å². The highest BCUT2D eigenvalue weighted by atomic mass is 35.5. The molecule has 2 N–H and O–H groups in total. The zero-order valence-corrected chi connectivity index (χ0v) is 17.1. The van der Waals surface area contributed by atoms with Gasteiger partial charge in [0.05, 0.1) is 16.6 Å². The molecule has 1 saturated heterocycles.